The summed E-state index contributed by atoms with van der Waals surface area (Å²) in [5.74, 6) is 0. The molecule has 0 fully saturated rings. The van der Waals surface area contributed by atoms with Crippen LogP contribution < -0.4 is 22.9 Å². The van der Waals surface area contributed by atoms with Gasteiger partial charge in [-0.05, 0) is 72.0 Å². The molecule has 8 N–H and O–H groups in total. The number of nitrogen functional groups attached to an aromatic ring is 3. The highest BCUT2D eigenvalue weighted by molar-refractivity contribution is 5.63. The van der Waals surface area contributed by atoms with Crippen LogP contribution in [0.4, 0.5) is 17.1 Å². The van der Waals surface area contributed by atoms with Crippen molar-refractivity contribution in [2.24, 2.45) is 5.73 Å². The van der Waals surface area contributed by atoms with E-state index in [0.29, 0.717) is 0 Å². The van der Waals surface area contributed by atoms with Gasteiger partial charge in [-0.15, -0.1) is 0 Å². The smallest absolute Gasteiger partial charge is 0.0664 e. The molecule has 0 aromatic heterocycles. The zero-order valence-corrected chi connectivity index (χ0v) is 16.3. The van der Waals surface area contributed by atoms with Crippen molar-refractivity contribution in [1.82, 2.24) is 0 Å². The molecule has 3 aromatic rings. The number of rotatable bonds is 4. The van der Waals surface area contributed by atoms with Crippen molar-refractivity contribution in [2.75, 3.05) is 17.2 Å². The van der Waals surface area contributed by atoms with Crippen LogP contribution in [0.25, 0.3) is 0 Å². The Labute approximate surface area is 171 Å². The zero-order chi connectivity index (χ0) is 20.4. The highest BCUT2D eigenvalue weighted by Gasteiger charge is 2.40. The Balaban J connectivity index is 2.08. The van der Waals surface area contributed by atoms with E-state index in [1.807, 2.05) is 42.5 Å². The molecule has 4 nitrogen and oxygen atoms in total. The van der Waals surface area contributed by atoms with Gasteiger partial charge in [-0.3, -0.25) is 0 Å². The number of hydrogen-bond donors (Lipinski definition) is 4. The lowest BCUT2D eigenvalue weighted by atomic mass is 9.63. The lowest BCUT2D eigenvalue weighted by molar-refractivity contribution is 0.668. The molecule has 1 aliphatic carbocycles. The molecule has 4 rings (SSSR count). The predicted molar refractivity (Wildman–Crippen MR) is 122 cm³/mol. The van der Waals surface area contributed by atoms with Crippen LogP contribution in [0.15, 0.2) is 96.2 Å². The lowest BCUT2D eigenvalue weighted by Gasteiger charge is -2.39. The Bertz CT molecular complexity index is 948. The van der Waals surface area contributed by atoms with Gasteiger partial charge in [0.15, 0.2) is 0 Å². The Morgan fingerprint density at radius 2 is 0.862 bits per heavy atom. The molecule has 0 bridgehead atoms. The molecule has 0 spiro atoms. The second kappa shape index (κ2) is 7.40. The van der Waals surface area contributed by atoms with Crippen molar-refractivity contribution in [1.29, 1.82) is 0 Å². The van der Waals surface area contributed by atoms with Crippen molar-refractivity contribution >= 4 is 17.1 Å². The highest BCUT2D eigenvalue weighted by Crippen LogP contribution is 2.48. The molecule has 0 saturated heterocycles. The first kappa shape index (κ1) is 18.7. The SMILES string of the molecule is NC1=CC=C(C(c2ccc(N)cc2)(c2ccc(N)cc2)c2ccc(N)cc2)CC1. The van der Waals surface area contributed by atoms with E-state index in [4.69, 9.17) is 22.9 Å². The summed E-state index contributed by atoms with van der Waals surface area (Å²) in [6.45, 7) is 0. The summed E-state index contributed by atoms with van der Waals surface area (Å²) >= 11 is 0. The quantitative estimate of drug-likeness (QED) is 0.398. The van der Waals surface area contributed by atoms with E-state index in [1.165, 1.54) is 5.57 Å². The molecule has 0 amide bonds. The van der Waals surface area contributed by atoms with Crippen molar-refractivity contribution in [3.05, 3.63) is 113 Å². The van der Waals surface area contributed by atoms with Crippen LogP contribution in [0.1, 0.15) is 29.5 Å². The first-order valence-electron chi connectivity index (χ1n) is 9.74. The van der Waals surface area contributed by atoms with Gasteiger partial charge in [-0.2, -0.15) is 0 Å². The average molecular weight is 383 g/mol. The maximum Gasteiger partial charge on any atom is 0.0664 e. The lowest BCUT2D eigenvalue weighted by Crippen LogP contribution is -2.33. The summed E-state index contributed by atoms with van der Waals surface area (Å²) in [4.78, 5) is 0. The Morgan fingerprint density at radius 3 is 1.17 bits per heavy atom. The number of hydrogen-bond acceptors (Lipinski definition) is 4. The van der Waals surface area contributed by atoms with E-state index >= 15 is 0 Å². The van der Waals surface area contributed by atoms with Gasteiger partial charge in [0.1, 0.15) is 0 Å². The van der Waals surface area contributed by atoms with E-state index < -0.39 is 5.41 Å². The fourth-order valence-electron chi connectivity index (χ4n) is 4.22. The second-order valence-electron chi connectivity index (χ2n) is 7.55. The van der Waals surface area contributed by atoms with Crippen molar-refractivity contribution < 1.29 is 0 Å². The van der Waals surface area contributed by atoms with E-state index in [9.17, 15) is 0 Å². The Morgan fingerprint density at radius 1 is 0.483 bits per heavy atom. The normalized spacial score (nSPS) is 14.2. The summed E-state index contributed by atoms with van der Waals surface area (Å²) in [7, 11) is 0. The summed E-state index contributed by atoms with van der Waals surface area (Å²) in [5.41, 5.74) is 31.4. The predicted octanol–water partition coefficient (Wildman–Crippen LogP) is 4.33. The second-order valence-corrected chi connectivity index (χ2v) is 7.55. The summed E-state index contributed by atoms with van der Waals surface area (Å²) in [6.07, 6.45) is 5.86. The largest absolute Gasteiger partial charge is 0.402 e. The molecule has 146 valence electrons. The van der Waals surface area contributed by atoms with Gasteiger partial charge in [0.2, 0.25) is 0 Å². The van der Waals surface area contributed by atoms with Crippen molar-refractivity contribution in [3.63, 3.8) is 0 Å². The van der Waals surface area contributed by atoms with Crippen LogP contribution in [0.3, 0.4) is 0 Å². The summed E-state index contributed by atoms with van der Waals surface area (Å²) in [6, 6.07) is 24.3. The van der Waals surface area contributed by atoms with Crippen LogP contribution >= 0.6 is 0 Å². The molecule has 0 saturated carbocycles. The van der Waals surface area contributed by atoms with Gasteiger partial charge in [0.05, 0.1) is 5.41 Å². The van der Waals surface area contributed by atoms with Gasteiger partial charge < -0.3 is 22.9 Å². The maximum atomic E-state index is 6.08. The Kier molecular flexibility index (Phi) is 4.77. The molecule has 1 aliphatic rings. The molecule has 0 heterocycles. The van der Waals surface area contributed by atoms with Crippen LogP contribution in [-0.2, 0) is 5.41 Å². The number of benzene rings is 3. The minimum Gasteiger partial charge on any atom is -0.402 e. The molecular weight excluding hydrogens is 356 g/mol. The van der Waals surface area contributed by atoms with Crippen LogP contribution in [0.2, 0.25) is 0 Å². The van der Waals surface area contributed by atoms with Gasteiger partial charge in [0.25, 0.3) is 0 Å². The molecule has 29 heavy (non-hydrogen) atoms. The average Bonchev–Trinajstić information content (AvgIpc) is 2.73. The molecule has 0 radical (unpaired) electrons. The van der Waals surface area contributed by atoms with Gasteiger partial charge in [0, 0.05) is 22.8 Å². The van der Waals surface area contributed by atoms with Crippen molar-refractivity contribution in [3.8, 4) is 0 Å². The molecular formula is C25H26N4. The molecule has 3 aromatic carbocycles. The fourth-order valence-corrected chi connectivity index (χ4v) is 4.22. The van der Waals surface area contributed by atoms with E-state index in [1.54, 1.807) is 0 Å². The number of allylic oxidation sites excluding steroid dienone is 4. The molecule has 0 aliphatic heterocycles. The van der Waals surface area contributed by atoms with Crippen LogP contribution in [0.5, 0.6) is 0 Å². The van der Waals surface area contributed by atoms with Crippen molar-refractivity contribution in [2.45, 2.75) is 18.3 Å². The maximum absolute atomic E-state index is 6.08. The van der Waals surface area contributed by atoms with E-state index in [2.05, 4.69) is 42.5 Å². The molecule has 0 atom stereocenters. The van der Waals surface area contributed by atoms with Gasteiger partial charge in [-0.25, -0.2) is 0 Å². The third-order valence-electron chi connectivity index (χ3n) is 5.69. The third-order valence-corrected chi connectivity index (χ3v) is 5.69. The Hall–Kier alpha value is -3.66. The molecule has 0 unspecified atom stereocenters. The molecule has 4 heteroatoms. The zero-order valence-electron chi connectivity index (χ0n) is 16.3. The summed E-state index contributed by atoms with van der Waals surface area (Å²) < 4.78 is 0. The minimum absolute atomic E-state index is 0.494. The minimum atomic E-state index is -0.494. The number of anilines is 3. The van der Waals surface area contributed by atoms with Gasteiger partial charge in [-0.1, -0.05) is 48.0 Å². The summed E-state index contributed by atoms with van der Waals surface area (Å²) in [5, 5.41) is 0. The number of nitrogens with two attached hydrogens (primary N) is 4. The standard InChI is InChI=1S/C25H26N4/c26-21-9-1-17(2-10-21)25(18-3-11-22(27)12-4-18,19-5-13-23(28)14-6-19)20-7-15-24(29)16-8-20/h1-7,9-15H,8,16,26-29H2. The first-order valence-corrected chi connectivity index (χ1v) is 9.74. The highest BCUT2D eigenvalue weighted by atomic mass is 14.6. The fraction of sp³-hybridized carbons (Fsp3) is 0.120. The monoisotopic (exact) mass is 382 g/mol. The topological polar surface area (TPSA) is 104 Å². The van der Waals surface area contributed by atoms with E-state index in [0.717, 1.165) is 52.3 Å². The van der Waals surface area contributed by atoms with Crippen LogP contribution in [0, 0.1) is 0 Å². The van der Waals surface area contributed by atoms with E-state index in [-0.39, 0.29) is 0 Å². The first-order chi connectivity index (χ1) is 14.0. The third kappa shape index (κ3) is 3.34. The van der Waals surface area contributed by atoms with Crippen LogP contribution in [-0.4, -0.2) is 0 Å². The van der Waals surface area contributed by atoms with Gasteiger partial charge >= 0.3 is 0 Å².